The summed E-state index contributed by atoms with van der Waals surface area (Å²) in [5.41, 5.74) is 0.953. The molecule has 102 valence electrons. The first-order chi connectivity index (χ1) is 9.06. The molecular formula is C12H12ClNO3S2. The minimum atomic E-state index is -0.906. The fourth-order valence-electron chi connectivity index (χ4n) is 1.90. The number of likely N-dealkylation sites (tertiary alicyclic amines) is 1. The van der Waals surface area contributed by atoms with Gasteiger partial charge in [-0.15, -0.1) is 0 Å². The summed E-state index contributed by atoms with van der Waals surface area (Å²) < 4.78 is 0. The lowest BCUT2D eigenvalue weighted by molar-refractivity contribution is -0.141. The van der Waals surface area contributed by atoms with Crippen LogP contribution < -0.4 is 0 Å². The van der Waals surface area contributed by atoms with Crippen LogP contribution in [0.2, 0.25) is 5.02 Å². The molecule has 2 rings (SSSR count). The summed E-state index contributed by atoms with van der Waals surface area (Å²) in [6.07, 6.45) is 0.100. The highest BCUT2D eigenvalue weighted by Crippen LogP contribution is 2.20. The Hall–Kier alpha value is -1.11. The Morgan fingerprint density at radius 3 is 2.42 bits per heavy atom. The van der Waals surface area contributed by atoms with Gasteiger partial charge in [0.2, 0.25) is 5.91 Å². The van der Waals surface area contributed by atoms with Gasteiger partial charge >= 0.3 is 5.97 Å². The molecule has 1 saturated heterocycles. The number of benzene rings is 1. The highest BCUT2D eigenvalue weighted by Gasteiger charge is 2.33. The Morgan fingerprint density at radius 2 is 1.95 bits per heavy atom. The van der Waals surface area contributed by atoms with E-state index in [1.165, 1.54) is 0 Å². The van der Waals surface area contributed by atoms with Gasteiger partial charge < -0.3 is 10.0 Å². The fourth-order valence-corrected chi connectivity index (χ4v) is 2.03. The first kappa shape index (κ1) is 15.9. The molecule has 1 aliphatic heterocycles. The van der Waals surface area contributed by atoms with Crippen molar-refractivity contribution in [3.63, 3.8) is 0 Å². The molecule has 0 aromatic heterocycles. The Morgan fingerprint density at radius 1 is 1.37 bits per heavy atom. The van der Waals surface area contributed by atoms with E-state index in [0.29, 0.717) is 11.6 Å². The smallest absolute Gasteiger partial charge is 0.308 e. The van der Waals surface area contributed by atoms with Gasteiger partial charge in [-0.05, 0) is 17.7 Å². The van der Waals surface area contributed by atoms with E-state index in [9.17, 15) is 9.59 Å². The third-order valence-corrected chi connectivity index (χ3v) is 3.10. The number of hydrogen-bond acceptors (Lipinski definition) is 4. The zero-order valence-corrected chi connectivity index (χ0v) is 12.3. The largest absolute Gasteiger partial charge is 0.481 e. The summed E-state index contributed by atoms with van der Waals surface area (Å²) in [5, 5.41) is 9.50. The molecule has 1 unspecified atom stereocenters. The first-order valence-corrected chi connectivity index (χ1v) is 7.19. The molecule has 0 saturated carbocycles. The molecule has 1 amide bonds. The summed E-state index contributed by atoms with van der Waals surface area (Å²) in [4.78, 5) is 24.0. The number of carboxylic acids is 1. The lowest BCUT2D eigenvalue weighted by Crippen LogP contribution is -2.25. The number of carbonyl (C=O) groups is 2. The molecule has 0 radical (unpaired) electrons. The third-order valence-electron chi connectivity index (χ3n) is 2.85. The van der Waals surface area contributed by atoms with Crippen molar-refractivity contribution in [1.82, 2.24) is 4.90 Å². The normalized spacial score (nSPS) is 17.8. The number of rotatable bonds is 3. The lowest BCUT2D eigenvalue weighted by Gasteiger charge is -2.15. The molecule has 4 nitrogen and oxygen atoms in total. The van der Waals surface area contributed by atoms with Crippen LogP contribution in [-0.4, -0.2) is 28.4 Å². The Kier molecular flexibility index (Phi) is 6.27. The van der Waals surface area contributed by atoms with E-state index in [4.69, 9.17) is 16.7 Å². The lowest BCUT2D eigenvalue weighted by atomic mass is 10.1. The second-order valence-electron chi connectivity index (χ2n) is 4.14. The van der Waals surface area contributed by atoms with Crippen molar-refractivity contribution >= 4 is 45.9 Å². The van der Waals surface area contributed by atoms with Crippen molar-refractivity contribution in [2.45, 2.75) is 13.0 Å². The number of hydrogen-bond donors (Lipinski definition) is 1. The molecule has 1 atom stereocenters. The van der Waals surface area contributed by atoms with Crippen LogP contribution in [-0.2, 0) is 38.5 Å². The van der Waals surface area contributed by atoms with Crippen LogP contribution in [0.15, 0.2) is 24.3 Å². The summed E-state index contributed by atoms with van der Waals surface area (Å²) >= 11 is 13.1. The Bertz CT molecular complexity index is 467. The minimum absolute atomic E-state index is 0.100. The molecule has 7 heteroatoms. The van der Waals surface area contributed by atoms with Crippen molar-refractivity contribution in [2.24, 2.45) is 5.92 Å². The van der Waals surface area contributed by atoms with Crippen molar-refractivity contribution in [1.29, 1.82) is 0 Å². The Labute approximate surface area is 126 Å². The fraction of sp³-hybridized carbons (Fsp3) is 0.333. The van der Waals surface area contributed by atoms with E-state index in [-0.39, 0.29) is 18.9 Å². The standard InChI is InChI=1S/C12H12ClNO3.S2/c13-10-3-1-8(2-4-10)6-14-7-9(12(16)17)5-11(14)15;1-2/h1-4,9H,5-7H2,(H,16,17);. The van der Waals surface area contributed by atoms with Crippen molar-refractivity contribution < 1.29 is 14.7 Å². The van der Waals surface area contributed by atoms with Crippen LogP contribution in [0.4, 0.5) is 0 Å². The SMILES string of the molecule is O=C(O)C1CC(=O)N(Cc2ccc(Cl)cc2)C1.S=S. The van der Waals surface area contributed by atoms with Gasteiger partial charge in [0, 0.05) is 46.9 Å². The van der Waals surface area contributed by atoms with Gasteiger partial charge in [-0.1, -0.05) is 23.7 Å². The monoisotopic (exact) mass is 317 g/mol. The van der Waals surface area contributed by atoms with Gasteiger partial charge in [-0.2, -0.15) is 0 Å². The molecule has 0 aliphatic carbocycles. The summed E-state index contributed by atoms with van der Waals surface area (Å²) in [7, 11) is 0. The number of halogens is 1. The zero-order valence-electron chi connectivity index (χ0n) is 9.91. The maximum atomic E-state index is 11.6. The topological polar surface area (TPSA) is 57.6 Å². The van der Waals surface area contributed by atoms with Crippen LogP contribution in [0, 0.1) is 5.92 Å². The van der Waals surface area contributed by atoms with Gasteiger partial charge in [0.25, 0.3) is 0 Å². The number of carbonyl (C=O) groups excluding carboxylic acids is 1. The molecule has 0 spiro atoms. The van der Waals surface area contributed by atoms with Gasteiger partial charge in [0.05, 0.1) is 5.92 Å². The summed E-state index contributed by atoms with van der Waals surface area (Å²) in [6.45, 7) is 0.733. The van der Waals surface area contributed by atoms with E-state index < -0.39 is 11.9 Å². The van der Waals surface area contributed by atoms with E-state index in [0.717, 1.165) is 5.56 Å². The van der Waals surface area contributed by atoms with E-state index in [1.807, 2.05) is 12.1 Å². The van der Waals surface area contributed by atoms with E-state index in [2.05, 4.69) is 22.4 Å². The average Bonchev–Trinajstić information content (AvgIpc) is 2.77. The molecule has 1 aromatic carbocycles. The third kappa shape index (κ3) is 4.49. The average molecular weight is 318 g/mol. The van der Waals surface area contributed by atoms with Crippen molar-refractivity contribution in [3.05, 3.63) is 34.9 Å². The second kappa shape index (κ2) is 7.47. The van der Waals surface area contributed by atoms with E-state index in [1.54, 1.807) is 17.0 Å². The molecule has 1 aliphatic rings. The maximum absolute atomic E-state index is 11.6. The maximum Gasteiger partial charge on any atom is 0.308 e. The van der Waals surface area contributed by atoms with E-state index >= 15 is 0 Å². The Balaban J connectivity index is 0.000000861. The number of aliphatic carboxylic acids is 1. The van der Waals surface area contributed by atoms with Crippen LogP contribution in [0.25, 0.3) is 0 Å². The molecular weight excluding hydrogens is 306 g/mol. The van der Waals surface area contributed by atoms with Gasteiger partial charge in [0.1, 0.15) is 0 Å². The molecule has 1 heterocycles. The quantitative estimate of drug-likeness (QED) is 0.920. The number of carboxylic acid groups (broad SMARTS) is 1. The highest BCUT2D eigenvalue weighted by molar-refractivity contribution is 8.07. The first-order valence-electron chi connectivity index (χ1n) is 5.48. The van der Waals surface area contributed by atoms with Crippen LogP contribution >= 0.6 is 11.6 Å². The predicted molar refractivity (Wildman–Crippen MR) is 77.3 cm³/mol. The molecule has 1 N–H and O–H groups in total. The zero-order chi connectivity index (χ0) is 14.4. The van der Waals surface area contributed by atoms with Crippen molar-refractivity contribution in [3.8, 4) is 0 Å². The van der Waals surface area contributed by atoms with Gasteiger partial charge in [0.15, 0.2) is 0 Å². The minimum Gasteiger partial charge on any atom is -0.481 e. The summed E-state index contributed by atoms with van der Waals surface area (Å²) in [5.74, 6) is -1.58. The van der Waals surface area contributed by atoms with Crippen LogP contribution in [0.3, 0.4) is 0 Å². The van der Waals surface area contributed by atoms with Crippen LogP contribution in [0.5, 0.6) is 0 Å². The number of amides is 1. The van der Waals surface area contributed by atoms with Crippen LogP contribution in [0.1, 0.15) is 12.0 Å². The molecule has 19 heavy (non-hydrogen) atoms. The van der Waals surface area contributed by atoms with Gasteiger partial charge in [-0.25, -0.2) is 0 Å². The number of nitrogens with zero attached hydrogens (tertiary/aromatic N) is 1. The highest BCUT2D eigenvalue weighted by atomic mass is 35.5. The van der Waals surface area contributed by atoms with Gasteiger partial charge in [-0.3, -0.25) is 9.59 Å². The molecule has 1 fully saturated rings. The molecule has 0 bridgehead atoms. The predicted octanol–water partition coefficient (Wildman–Crippen LogP) is 1.77. The second-order valence-corrected chi connectivity index (χ2v) is 4.58. The van der Waals surface area contributed by atoms with Crippen molar-refractivity contribution in [2.75, 3.05) is 6.54 Å². The molecule has 1 aromatic rings. The summed E-state index contributed by atoms with van der Waals surface area (Å²) in [6, 6.07) is 7.19.